The van der Waals surface area contributed by atoms with Crippen molar-refractivity contribution in [2.45, 2.75) is 103 Å². The summed E-state index contributed by atoms with van der Waals surface area (Å²) >= 11 is 0. The third-order valence-corrected chi connectivity index (χ3v) is 13.1. The Morgan fingerprint density at radius 1 is 1.05 bits per heavy atom. The molecule has 2 atom stereocenters. The highest BCUT2D eigenvalue weighted by Crippen LogP contribution is 2.39. The fourth-order valence-corrected chi connectivity index (χ4v) is 6.04. The summed E-state index contributed by atoms with van der Waals surface area (Å²) in [5.74, 6) is 2.39. The summed E-state index contributed by atoms with van der Waals surface area (Å²) in [7, 11) is -2.01. The molecule has 0 spiro atoms. The Hall–Kier alpha value is -3.05. The first-order chi connectivity index (χ1) is 21.1. The quantitative estimate of drug-likeness (QED) is 0.106. The van der Waals surface area contributed by atoms with E-state index in [0.717, 1.165) is 73.4 Å². The van der Waals surface area contributed by atoms with E-state index in [-0.39, 0.29) is 17.4 Å². The average molecular weight is 620 g/mol. The lowest BCUT2D eigenvalue weighted by Crippen LogP contribution is -2.43. The smallest absolute Gasteiger partial charge is 0.250 e. The van der Waals surface area contributed by atoms with Crippen LogP contribution in [0.1, 0.15) is 77.4 Å². The number of aryl methyl sites for hydroxylation is 1. The zero-order valence-corrected chi connectivity index (χ0v) is 28.3. The van der Waals surface area contributed by atoms with E-state index in [1.54, 1.807) is 11.0 Å². The second-order valence-electron chi connectivity index (χ2n) is 13.3. The molecule has 0 amide bonds. The van der Waals surface area contributed by atoms with Crippen LogP contribution in [0, 0.1) is 0 Å². The van der Waals surface area contributed by atoms with Gasteiger partial charge in [-0.25, -0.2) is 9.67 Å². The number of hydrogen-bond donors (Lipinski definition) is 0. The second kappa shape index (κ2) is 14.4. The summed E-state index contributed by atoms with van der Waals surface area (Å²) in [6, 6.07) is 16.5. The lowest BCUT2D eigenvalue weighted by atomic mass is 10.2. The van der Waals surface area contributed by atoms with Crippen molar-refractivity contribution in [1.82, 2.24) is 24.5 Å². The van der Waals surface area contributed by atoms with Crippen LogP contribution in [0.5, 0.6) is 5.75 Å². The van der Waals surface area contributed by atoms with E-state index in [2.05, 4.69) is 76.1 Å². The lowest BCUT2D eigenvalue weighted by molar-refractivity contribution is -0.0367. The van der Waals surface area contributed by atoms with Gasteiger partial charge in [-0.3, -0.25) is 0 Å². The predicted molar refractivity (Wildman–Crippen MR) is 176 cm³/mol. The van der Waals surface area contributed by atoms with Crippen molar-refractivity contribution >= 4 is 19.2 Å². The van der Waals surface area contributed by atoms with E-state index in [1.807, 2.05) is 22.9 Å². The first-order valence-corrected chi connectivity index (χ1v) is 19.0. The molecule has 1 aliphatic heterocycles. The van der Waals surface area contributed by atoms with Gasteiger partial charge in [-0.15, -0.1) is 10.2 Å². The topological polar surface area (TPSA) is 85.5 Å². The summed E-state index contributed by atoms with van der Waals surface area (Å²) in [4.78, 5) is 4.61. The Kier molecular flexibility index (Phi) is 10.6. The molecule has 1 unspecified atom stereocenters. The van der Waals surface area contributed by atoms with Crippen LogP contribution in [-0.4, -0.2) is 58.8 Å². The zero-order chi connectivity index (χ0) is 31.2. The molecule has 1 saturated heterocycles. The number of rotatable bonds is 14. The van der Waals surface area contributed by atoms with E-state index in [0.29, 0.717) is 19.8 Å². The Morgan fingerprint density at radius 3 is 2.61 bits per heavy atom. The van der Waals surface area contributed by atoms with Gasteiger partial charge in [0.05, 0.1) is 23.6 Å². The molecule has 0 saturated carbocycles. The number of hydrogen-bond acceptors (Lipinski definition) is 7. The molecular formula is C34H49N5O4Si. The van der Waals surface area contributed by atoms with Gasteiger partial charge in [-0.1, -0.05) is 51.1 Å². The largest absolute Gasteiger partial charge is 0.543 e. The van der Waals surface area contributed by atoms with Crippen molar-refractivity contribution in [2.75, 3.05) is 19.8 Å². The summed E-state index contributed by atoms with van der Waals surface area (Å²) < 4.78 is 28.4. The standard InChI is InChI=1S/C34H49N5O4Si/c1-26(42-24-27-13-8-7-9-14-27)19-22-40-20-12-15-31-35-25-38(36-31)33-29-23-28(43-44(5,6)34(2,3)4)17-18-30(29)39(37-33)32-16-10-11-21-41-32/h7-9,13-14,17-18,23,25-26,32H,10-12,15-16,19-22,24H2,1-6H3/t26-,32?/m0/s1. The van der Waals surface area contributed by atoms with Crippen LogP contribution >= 0.6 is 0 Å². The summed E-state index contributed by atoms with van der Waals surface area (Å²) in [5, 5.41) is 10.9. The Labute approximate surface area is 263 Å². The molecule has 2 aromatic heterocycles. The number of fused-ring (bicyclic) bond motifs is 1. The molecule has 0 N–H and O–H groups in total. The third kappa shape index (κ3) is 8.15. The average Bonchev–Trinajstić information content (AvgIpc) is 3.62. The lowest BCUT2D eigenvalue weighted by Gasteiger charge is -2.36. The minimum atomic E-state index is -2.01. The van der Waals surface area contributed by atoms with Gasteiger partial charge in [0, 0.05) is 26.2 Å². The Morgan fingerprint density at radius 2 is 1.86 bits per heavy atom. The number of nitrogens with zero attached hydrogens (tertiary/aromatic N) is 5. The summed E-state index contributed by atoms with van der Waals surface area (Å²) in [5.41, 5.74) is 2.20. The molecule has 0 radical (unpaired) electrons. The van der Waals surface area contributed by atoms with Crippen molar-refractivity contribution in [1.29, 1.82) is 0 Å². The van der Waals surface area contributed by atoms with Crippen molar-refractivity contribution < 1.29 is 18.6 Å². The molecule has 0 bridgehead atoms. The Balaban J connectivity index is 1.20. The normalized spacial score (nSPS) is 16.8. The molecule has 2 aromatic carbocycles. The fraction of sp³-hybridized carbons (Fsp3) is 0.559. The first-order valence-electron chi connectivity index (χ1n) is 16.1. The number of aromatic nitrogens is 5. The minimum Gasteiger partial charge on any atom is -0.543 e. The van der Waals surface area contributed by atoms with Crippen LogP contribution in [0.3, 0.4) is 0 Å². The second-order valence-corrected chi connectivity index (χ2v) is 18.1. The van der Waals surface area contributed by atoms with E-state index in [4.69, 9.17) is 28.8 Å². The molecule has 3 heterocycles. The molecule has 44 heavy (non-hydrogen) atoms. The van der Waals surface area contributed by atoms with Crippen LogP contribution in [-0.2, 0) is 27.2 Å². The highest BCUT2D eigenvalue weighted by molar-refractivity contribution is 6.74. The highest BCUT2D eigenvalue weighted by atomic mass is 28.4. The maximum absolute atomic E-state index is 6.66. The molecule has 4 aromatic rings. The fourth-order valence-electron chi connectivity index (χ4n) is 5.01. The molecule has 10 heteroatoms. The van der Waals surface area contributed by atoms with Gasteiger partial charge in [0.1, 0.15) is 12.1 Å². The van der Waals surface area contributed by atoms with Crippen LogP contribution < -0.4 is 4.43 Å². The van der Waals surface area contributed by atoms with Crippen LogP contribution in [0.25, 0.3) is 16.7 Å². The van der Waals surface area contributed by atoms with Gasteiger partial charge in [0.15, 0.2) is 17.9 Å². The van der Waals surface area contributed by atoms with Gasteiger partial charge in [-0.05, 0) is 80.9 Å². The highest BCUT2D eigenvalue weighted by Gasteiger charge is 2.39. The van der Waals surface area contributed by atoms with Gasteiger partial charge < -0.3 is 18.6 Å². The first kappa shape index (κ1) is 32.3. The minimum absolute atomic E-state index is 0.0845. The van der Waals surface area contributed by atoms with Crippen LogP contribution in [0.2, 0.25) is 18.1 Å². The number of benzene rings is 2. The van der Waals surface area contributed by atoms with Crippen LogP contribution in [0.15, 0.2) is 54.9 Å². The van der Waals surface area contributed by atoms with Crippen molar-refractivity contribution in [3.63, 3.8) is 0 Å². The molecule has 0 aliphatic carbocycles. The zero-order valence-electron chi connectivity index (χ0n) is 27.3. The molecule has 9 nitrogen and oxygen atoms in total. The molecule has 238 valence electrons. The summed E-state index contributed by atoms with van der Waals surface area (Å²) in [6.45, 7) is 16.1. The van der Waals surface area contributed by atoms with Gasteiger partial charge >= 0.3 is 0 Å². The van der Waals surface area contributed by atoms with Gasteiger partial charge in [-0.2, -0.15) is 4.68 Å². The van der Waals surface area contributed by atoms with Crippen molar-refractivity contribution in [3.05, 3.63) is 66.2 Å². The van der Waals surface area contributed by atoms with E-state index in [9.17, 15) is 0 Å². The molecule has 1 aliphatic rings. The number of ether oxygens (including phenoxy) is 3. The monoisotopic (exact) mass is 619 g/mol. The third-order valence-electron chi connectivity index (χ3n) is 8.76. The molecule has 5 rings (SSSR count). The van der Waals surface area contributed by atoms with E-state index >= 15 is 0 Å². The SMILES string of the molecule is C[C@@H](CCOCCCc1ncn(-c2nn(C3CCCCO3)c3ccc(O[Si](C)(C)C(C)(C)C)cc23)n1)OCc1ccccc1. The predicted octanol–water partition coefficient (Wildman–Crippen LogP) is 7.64. The summed E-state index contributed by atoms with van der Waals surface area (Å²) in [6.07, 6.45) is 7.42. The van der Waals surface area contributed by atoms with Gasteiger partial charge in [0.2, 0.25) is 8.32 Å². The van der Waals surface area contributed by atoms with Gasteiger partial charge in [0.25, 0.3) is 0 Å². The van der Waals surface area contributed by atoms with E-state index < -0.39 is 8.32 Å². The van der Waals surface area contributed by atoms with E-state index in [1.165, 1.54) is 5.56 Å². The molecule has 1 fully saturated rings. The van der Waals surface area contributed by atoms with Crippen molar-refractivity contribution in [3.8, 4) is 11.6 Å². The Bertz CT molecular complexity index is 1470. The van der Waals surface area contributed by atoms with Crippen molar-refractivity contribution in [2.24, 2.45) is 0 Å². The maximum atomic E-state index is 6.66. The van der Waals surface area contributed by atoms with Crippen LogP contribution in [0.4, 0.5) is 0 Å². The molecular weight excluding hydrogens is 570 g/mol. The maximum Gasteiger partial charge on any atom is 0.250 e.